The van der Waals surface area contributed by atoms with Crippen molar-refractivity contribution >= 4 is 21.9 Å². The van der Waals surface area contributed by atoms with Gasteiger partial charge in [-0.3, -0.25) is 0 Å². The Hall–Kier alpha value is -0.640. The lowest BCUT2D eigenvalue weighted by Gasteiger charge is -2.16. The van der Waals surface area contributed by atoms with Crippen molar-refractivity contribution in [2.24, 2.45) is 0 Å². The van der Waals surface area contributed by atoms with Crippen LogP contribution in [-0.4, -0.2) is 28.9 Å². The highest BCUT2D eigenvalue weighted by Crippen LogP contribution is 2.06. The molecular weight excluding hydrogens is 254 g/mol. The molecule has 0 radical (unpaired) electrons. The number of rotatable bonds is 6. The molecule has 4 heteroatoms. The molecule has 15 heavy (non-hydrogen) atoms. The fourth-order valence-corrected chi connectivity index (χ4v) is 1.70. The Morgan fingerprint density at radius 2 is 1.87 bits per heavy atom. The highest BCUT2D eigenvalue weighted by Gasteiger charge is 2.02. The molecule has 0 saturated carbocycles. The largest absolute Gasteiger partial charge is 0.344 e. The normalized spacial score (nSPS) is 10.3. The first-order valence-electron chi connectivity index (χ1n) is 5.30. The van der Waals surface area contributed by atoms with E-state index in [1.54, 1.807) is 0 Å². The average Bonchev–Trinajstić information content (AvgIpc) is 2.25. The smallest absolute Gasteiger partial charge is 0.224 e. The molecule has 0 amide bonds. The summed E-state index contributed by atoms with van der Waals surface area (Å²) in [6.07, 6.45) is 7.40. The Morgan fingerprint density at radius 3 is 2.47 bits per heavy atom. The fourth-order valence-electron chi connectivity index (χ4n) is 1.30. The SMILES string of the molecule is Cc1cnc(N(C)CCCCCBr)nc1. The van der Waals surface area contributed by atoms with E-state index in [2.05, 4.69) is 30.8 Å². The molecule has 0 atom stereocenters. The molecule has 1 aromatic heterocycles. The van der Waals surface area contributed by atoms with Gasteiger partial charge in [0.05, 0.1) is 0 Å². The Labute approximate surface area is 100 Å². The quantitative estimate of drug-likeness (QED) is 0.589. The van der Waals surface area contributed by atoms with Crippen molar-refractivity contribution in [2.75, 3.05) is 23.8 Å². The lowest BCUT2D eigenvalue weighted by molar-refractivity contribution is 0.701. The van der Waals surface area contributed by atoms with Gasteiger partial charge in [0.2, 0.25) is 5.95 Å². The highest BCUT2D eigenvalue weighted by atomic mass is 79.9. The average molecular weight is 272 g/mol. The molecule has 0 fully saturated rings. The summed E-state index contributed by atoms with van der Waals surface area (Å²) >= 11 is 3.43. The van der Waals surface area contributed by atoms with Crippen molar-refractivity contribution in [1.29, 1.82) is 0 Å². The van der Waals surface area contributed by atoms with Crippen LogP contribution >= 0.6 is 15.9 Å². The third-order valence-corrected chi connectivity index (χ3v) is 2.80. The molecule has 0 aliphatic carbocycles. The Bertz CT molecular complexity index is 274. The number of hydrogen-bond acceptors (Lipinski definition) is 3. The number of anilines is 1. The van der Waals surface area contributed by atoms with Gasteiger partial charge >= 0.3 is 0 Å². The summed E-state index contributed by atoms with van der Waals surface area (Å²) in [7, 11) is 2.04. The first kappa shape index (κ1) is 12.4. The fraction of sp³-hybridized carbons (Fsp3) is 0.636. The van der Waals surface area contributed by atoms with Crippen molar-refractivity contribution < 1.29 is 0 Å². The molecule has 0 saturated heterocycles. The maximum absolute atomic E-state index is 4.28. The summed E-state index contributed by atoms with van der Waals surface area (Å²) in [5.74, 6) is 0.819. The van der Waals surface area contributed by atoms with Crippen LogP contribution in [0.4, 0.5) is 5.95 Å². The van der Waals surface area contributed by atoms with Crippen LogP contribution < -0.4 is 4.90 Å². The van der Waals surface area contributed by atoms with E-state index in [1.165, 1.54) is 19.3 Å². The number of unbranched alkanes of at least 4 members (excludes halogenated alkanes) is 2. The van der Waals surface area contributed by atoms with Crippen LogP contribution in [0.3, 0.4) is 0 Å². The second-order valence-electron chi connectivity index (χ2n) is 3.73. The van der Waals surface area contributed by atoms with Crippen LogP contribution in [0, 0.1) is 6.92 Å². The third-order valence-electron chi connectivity index (χ3n) is 2.24. The number of hydrogen-bond donors (Lipinski definition) is 0. The summed E-state index contributed by atoms with van der Waals surface area (Å²) in [5.41, 5.74) is 1.10. The van der Waals surface area contributed by atoms with Crippen molar-refractivity contribution in [1.82, 2.24) is 9.97 Å². The van der Waals surface area contributed by atoms with E-state index >= 15 is 0 Å². The third kappa shape index (κ3) is 4.60. The van der Waals surface area contributed by atoms with E-state index in [-0.39, 0.29) is 0 Å². The Kier molecular flexibility index (Phi) is 5.61. The van der Waals surface area contributed by atoms with Crippen LogP contribution in [-0.2, 0) is 0 Å². The Balaban J connectivity index is 2.33. The summed E-state index contributed by atoms with van der Waals surface area (Å²) < 4.78 is 0. The summed E-state index contributed by atoms with van der Waals surface area (Å²) in [6.45, 7) is 3.02. The standard InChI is InChI=1S/C11H18BrN3/c1-10-8-13-11(14-9-10)15(2)7-5-3-4-6-12/h8-9H,3-7H2,1-2H3. The zero-order valence-corrected chi connectivity index (χ0v) is 11.0. The Morgan fingerprint density at radius 1 is 1.20 bits per heavy atom. The van der Waals surface area contributed by atoms with Gasteiger partial charge in [0.15, 0.2) is 0 Å². The van der Waals surface area contributed by atoms with Gasteiger partial charge in [-0.15, -0.1) is 0 Å². The van der Waals surface area contributed by atoms with Crippen LogP contribution in [0.2, 0.25) is 0 Å². The number of aryl methyl sites for hydroxylation is 1. The predicted molar refractivity (Wildman–Crippen MR) is 67.7 cm³/mol. The van der Waals surface area contributed by atoms with Gasteiger partial charge in [0.25, 0.3) is 0 Å². The second kappa shape index (κ2) is 6.77. The molecule has 0 spiro atoms. The molecule has 0 aliphatic rings. The first-order valence-corrected chi connectivity index (χ1v) is 6.42. The lowest BCUT2D eigenvalue weighted by atomic mass is 10.2. The monoisotopic (exact) mass is 271 g/mol. The molecule has 84 valence electrons. The maximum Gasteiger partial charge on any atom is 0.224 e. The molecule has 1 rings (SSSR count). The molecule has 0 aliphatic heterocycles. The molecule has 3 nitrogen and oxygen atoms in total. The van der Waals surface area contributed by atoms with Crippen LogP contribution in [0.15, 0.2) is 12.4 Å². The number of nitrogens with zero attached hydrogens (tertiary/aromatic N) is 3. The molecule has 1 heterocycles. The molecule has 1 aromatic rings. The molecule has 0 N–H and O–H groups in total. The van der Waals surface area contributed by atoms with Crippen molar-refractivity contribution in [2.45, 2.75) is 26.2 Å². The topological polar surface area (TPSA) is 29.0 Å². The van der Waals surface area contributed by atoms with E-state index in [9.17, 15) is 0 Å². The minimum Gasteiger partial charge on any atom is -0.344 e. The van der Waals surface area contributed by atoms with Crippen molar-refractivity contribution in [3.8, 4) is 0 Å². The van der Waals surface area contributed by atoms with Gasteiger partial charge in [-0.25, -0.2) is 9.97 Å². The van der Waals surface area contributed by atoms with E-state index in [0.29, 0.717) is 0 Å². The van der Waals surface area contributed by atoms with E-state index in [4.69, 9.17) is 0 Å². The number of alkyl halides is 1. The van der Waals surface area contributed by atoms with Crippen molar-refractivity contribution in [3.05, 3.63) is 18.0 Å². The summed E-state index contributed by atoms with van der Waals surface area (Å²) in [6, 6.07) is 0. The summed E-state index contributed by atoms with van der Waals surface area (Å²) in [4.78, 5) is 10.7. The van der Waals surface area contributed by atoms with Crippen LogP contribution in [0.25, 0.3) is 0 Å². The van der Waals surface area contributed by atoms with Gasteiger partial charge in [0, 0.05) is 31.3 Å². The van der Waals surface area contributed by atoms with E-state index in [0.717, 1.165) is 23.4 Å². The van der Waals surface area contributed by atoms with Gasteiger partial charge in [0.1, 0.15) is 0 Å². The molecule has 0 unspecified atom stereocenters. The minimum absolute atomic E-state index is 0.819. The van der Waals surface area contributed by atoms with Gasteiger partial charge in [-0.05, 0) is 25.3 Å². The van der Waals surface area contributed by atoms with E-state index in [1.807, 2.05) is 26.4 Å². The number of halogens is 1. The molecule has 0 aromatic carbocycles. The maximum atomic E-state index is 4.28. The van der Waals surface area contributed by atoms with Crippen LogP contribution in [0.5, 0.6) is 0 Å². The van der Waals surface area contributed by atoms with Crippen LogP contribution in [0.1, 0.15) is 24.8 Å². The van der Waals surface area contributed by atoms with Gasteiger partial charge < -0.3 is 4.90 Å². The highest BCUT2D eigenvalue weighted by molar-refractivity contribution is 9.09. The number of aromatic nitrogens is 2. The first-order chi connectivity index (χ1) is 7.24. The van der Waals surface area contributed by atoms with E-state index < -0.39 is 0 Å². The lowest BCUT2D eigenvalue weighted by Crippen LogP contribution is -2.20. The minimum atomic E-state index is 0.819. The van der Waals surface area contributed by atoms with Gasteiger partial charge in [-0.1, -0.05) is 22.4 Å². The zero-order valence-electron chi connectivity index (χ0n) is 9.41. The molecular formula is C11H18BrN3. The van der Waals surface area contributed by atoms with Gasteiger partial charge in [-0.2, -0.15) is 0 Å². The predicted octanol–water partition coefficient (Wildman–Crippen LogP) is 2.79. The van der Waals surface area contributed by atoms with Crippen molar-refractivity contribution in [3.63, 3.8) is 0 Å². The second-order valence-corrected chi connectivity index (χ2v) is 4.52. The summed E-state index contributed by atoms with van der Waals surface area (Å²) in [5, 5.41) is 1.09. The molecule has 0 bridgehead atoms. The zero-order chi connectivity index (χ0) is 11.1.